The number of rotatable bonds is 1. The van der Waals surface area contributed by atoms with Crippen molar-refractivity contribution in [2.75, 3.05) is 0 Å². The maximum atomic E-state index is 6.42. The van der Waals surface area contributed by atoms with Crippen LogP contribution in [0.25, 0.3) is 5.69 Å². The van der Waals surface area contributed by atoms with E-state index in [0.717, 1.165) is 21.8 Å². The Bertz CT molecular complexity index is 681. The van der Waals surface area contributed by atoms with Crippen LogP contribution >= 0.6 is 31.9 Å². The fourth-order valence-electron chi connectivity index (χ4n) is 3.46. The lowest BCUT2D eigenvalue weighted by atomic mass is 9.74. The van der Waals surface area contributed by atoms with Crippen LogP contribution in [-0.2, 0) is 6.42 Å². The monoisotopic (exact) mass is 410 g/mol. The van der Waals surface area contributed by atoms with Crippen LogP contribution in [0.4, 0.5) is 0 Å². The van der Waals surface area contributed by atoms with Crippen LogP contribution in [0, 0.1) is 12.3 Å². The highest BCUT2D eigenvalue weighted by Crippen LogP contribution is 2.43. The number of fused-ring (bicyclic) bond motifs is 1. The van der Waals surface area contributed by atoms with Gasteiger partial charge in [0.2, 0.25) is 0 Å². The predicted octanol–water partition coefficient (Wildman–Crippen LogP) is 5.28. The molecule has 3 rings (SSSR count). The van der Waals surface area contributed by atoms with E-state index in [1.54, 1.807) is 0 Å². The smallest absolute Gasteiger partial charge is 0.0740 e. The van der Waals surface area contributed by atoms with Gasteiger partial charge in [0.25, 0.3) is 0 Å². The lowest BCUT2D eigenvalue weighted by Gasteiger charge is -2.34. The van der Waals surface area contributed by atoms with Crippen molar-refractivity contribution in [3.63, 3.8) is 0 Å². The van der Waals surface area contributed by atoms with Gasteiger partial charge >= 0.3 is 0 Å². The summed E-state index contributed by atoms with van der Waals surface area (Å²) in [6.07, 6.45) is 2.10. The Labute approximate surface area is 143 Å². The first kappa shape index (κ1) is 15.3. The highest BCUT2D eigenvalue weighted by atomic mass is 79.9. The molecule has 0 saturated carbocycles. The van der Waals surface area contributed by atoms with E-state index in [-0.39, 0.29) is 11.5 Å². The van der Waals surface area contributed by atoms with Crippen LogP contribution < -0.4 is 5.73 Å². The third-order valence-corrected chi connectivity index (χ3v) is 5.58. The Hall–Kier alpha value is -0.580. The standard InChI is InChI=1S/C17H20Br2N2/c1-10-7-11-14(20)8-17(2,3)9-15(11)21(10)16-12(18)5-4-6-13(16)19/h4-7,14H,8-9,20H2,1-3H3. The number of halogens is 2. The van der Waals surface area contributed by atoms with Crippen LogP contribution in [0.5, 0.6) is 0 Å². The average molecular weight is 412 g/mol. The predicted molar refractivity (Wildman–Crippen MR) is 94.9 cm³/mol. The minimum Gasteiger partial charge on any atom is -0.324 e. The number of nitrogens with zero attached hydrogens (tertiary/aromatic N) is 1. The van der Waals surface area contributed by atoms with Crippen LogP contribution in [0.3, 0.4) is 0 Å². The highest BCUT2D eigenvalue weighted by molar-refractivity contribution is 9.11. The molecule has 1 aromatic heterocycles. The summed E-state index contributed by atoms with van der Waals surface area (Å²) in [4.78, 5) is 0. The maximum absolute atomic E-state index is 6.42. The molecule has 0 spiro atoms. The third-order valence-electron chi connectivity index (χ3n) is 4.30. The summed E-state index contributed by atoms with van der Waals surface area (Å²) in [5.74, 6) is 0. The number of nitrogens with two attached hydrogens (primary N) is 1. The molecule has 0 aliphatic heterocycles. The molecule has 0 amide bonds. The minimum absolute atomic E-state index is 0.130. The quantitative estimate of drug-likeness (QED) is 0.679. The van der Waals surface area contributed by atoms with Crippen LogP contribution in [0.1, 0.15) is 43.3 Å². The van der Waals surface area contributed by atoms with E-state index in [1.165, 1.54) is 22.6 Å². The fraction of sp³-hybridized carbons (Fsp3) is 0.412. The molecule has 1 aliphatic rings. The molecule has 1 atom stereocenters. The van der Waals surface area contributed by atoms with E-state index in [9.17, 15) is 0 Å². The van der Waals surface area contributed by atoms with Gasteiger partial charge in [-0.1, -0.05) is 19.9 Å². The molecule has 2 aromatic rings. The van der Waals surface area contributed by atoms with Gasteiger partial charge in [-0.05, 0) is 80.8 Å². The first-order valence-corrected chi connectivity index (χ1v) is 8.80. The maximum Gasteiger partial charge on any atom is 0.0740 e. The molecule has 0 fully saturated rings. The normalized spacial score (nSPS) is 20.4. The van der Waals surface area contributed by atoms with Gasteiger partial charge in [0.15, 0.2) is 0 Å². The van der Waals surface area contributed by atoms with Crippen LogP contribution in [0.15, 0.2) is 33.2 Å². The molecule has 0 saturated heterocycles. The second-order valence-corrected chi connectivity index (χ2v) is 8.45. The lowest BCUT2D eigenvalue weighted by Crippen LogP contribution is -2.30. The molecule has 1 aromatic carbocycles. The molecule has 21 heavy (non-hydrogen) atoms. The second-order valence-electron chi connectivity index (χ2n) is 6.75. The molecular formula is C17H20Br2N2. The van der Waals surface area contributed by atoms with E-state index < -0.39 is 0 Å². The Morgan fingerprint density at radius 2 is 1.86 bits per heavy atom. The number of benzene rings is 1. The van der Waals surface area contributed by atoms with E-state index in [2.05, 4.69) is 75.4 Å². The van der Waals surface area contributed by atoms with E-state index in [0.29, 0.717) is 0 Å². The number of hydrogen-bond donors (Lipinski definition) is 1. The molecule has 2 N–H and O–H groups in total. The van der Waals surface area contributed by atoms with Crippen molar-refractivity contribution < 1.29 is 0 Å². The molecule has 2 nitrogen and oxygen atoms in total. The Balaban J connectivity index is 2.26. The van der Waals surface area contributed by atoms with Crippen molar-refractivity contribution in [3.8, 4) is 5.69 Å². The minimum atomic E-state index is 0.130. The molecule has 1 heterocycles. The number of aryl methyl sites for hydroxylation is 1. The van der Waals surface area contributed by atoms with Crippen LogP contribution in [0.2, 0.25) is 0 Å². The first-order chi connectivity index (χ1) is 9.80. The summed E-state index contributed by atoms with van der Waals surface area (Å²) in [7, 11) is 0. The summed E-state index contributed by atoms with van der Waals surface area (Å²) in [5, 5.41) is 0. The highest BCUT2D eigenvalue weighted by Gasteiger charge is 2.34. The van der Waals surface area contributed by atoms with Crippen molar-refractivity contribution in [2.24, 2.45) is 11.1 Å². The molecule has 1 aliphatic carbocycles. The molecular weight excluding hydrogens is 392 g/mol. The summed E-state index contributed by atoms with van der Waals surface area (Å²) in [6, 6.07) is 8.59. The zero-order valence-electron chi connectivity index (χ0n) is 12.6. The van der Waals surface area contributed by atoms with Gasteiger partial charge in [-0.25, -0.2) is 0 Å². The van der Waals surface area contributed by atoms with Gasteiger partial charge in [-0.3, -0.25) is 0 Å². The van der Waals surface area contributed by atoms with E-state index in [4.69, 9.17) is 5.73 Å². The van der Waals surface area contributed by atoms with Gasteiger partial charge in [-0.15, -0.1) is 0 Å². The van der Waals surface area contributed by atoms with Crippen molar-refractivity contribution in [1.82, 2.24) is 4.57 Å². The van der Waals surface area contributed by atoms with Gasteiger partial charge in [0.05, 0.1) is 5.69 Å². The average Bonchev–Trinajstić information content (AvgIpc) is 2.66. The molecule has 0 bridgehead atoms. The summed E-state index contributed by atoms with van der Waals surface area (Å²) in [6.45, 7) is 6.76. The second kappa shape index (κ2) is 5.25. The number of hydrogen-bond acceptors (Lipinski definition) is 1. The lowest BCUT2D eigenvalue weighted by molar-refractivity contribution is 0.278. The topological polar surface area (TPSA) is 30.9 Å². The summed E-state index contributed by atoms with van der Waals surface area (Å²) in [5.41, 5.74) is 11.7. The molecule has 0 radical (unpaired) electrons. The Morgan fingerprint density at radius 3 is 2.48 bits per heavy atom. The fourth-order valence-corrected chi connectivity index (χ4v) is 4.81. The van der Waals surface area contributed by atoms with E-state index in [1.807, 2.05) is 6.07 Å². The van der Waals surface area contributed by atoms with Crippen LogP contribution in [-0.4, -0.2) is 4.57 Å². The Kier molecular flexibility index (Phi) is 3.83. The van der Waals surface area contributed by atoms with Crippen molar-refractivity contribution in [3.05, 3.63) is 50.2 Å². The first-order valence-electron chi connectivity index (χ1n) is 7.21. The zero-order chi connectivity index (χ0) is 15.4. The zero-order valence-corrected chi connectivity index (χ0v) is 15.8. The third kappa shape index (κ3) is 2.62. The largest absolute Gasteiger partial charge is 0.324 e. The van der Waals surface area contributed by atoms with Gasteiger partial charge in [0.1, 0.15) is 0 Å². The SMILES string of the molecule is Cc1cc2c(n1-c1c(Br)cccc1Br)CC(C)(C)CC2N. The van der Waals surface area contributed by atoms with Gasteiger partial charge < -0.3 is 10.3 Å². The molecule has 112 valence electrons. The van der Waals surface area contributed by atoms with E-state index >= 15 is 0 Å². The van der Waals surface area contributed by atoms with Crippen molar-refractivity contribution >= 4 is 31.9 Å². The van der Waals surface area contributed by atoms with Gasteiger partial charge in [-0.2, -0.15) is 0 Å². The summed E-state index contributed by atoms with van der Waals surface area (Å²) >= 11 is 7.38. The van der Waals surface area contributed by atoms with Gasteiger partial charge in [0, 0.05) is 26.4 Å². The van der Waals surface area contributed by atoms with Crippen molar-refractivity contribution in [2.45, 2.75) is 39.7 Å². The number of para-hydroxylation sites is 1. The summed E-state index contributed by atoms with van der Waals surface area (Å²) < 4.78 is 4.54. The molecule has 4 heteroatoms. The Morgan fingerprint density at radius 1 is 1.24 bits per heavy atom. The molecule has 1 unspecified atom stereocenters. The number of aromatic nitrogens is 1. The van der Waals surface area contributed by atoms with Crippen molar-refractivity contribution in [1.29, 1.82) is 0 Å².